The maximum Gasteiger partial charge on any atom is 0.315 e. The molecule has 86 valence electrons. The highest BCUT2D eigenvalue weighted by molar-refractivity contribution is 6.40. The van der Waals surface area contributed by atoms with Crippen LogP contribution in [0.25, 0.3) is 0 Å². The van der Waals surface area contributed by atoms with Gasteiger partial charge in [-0.15, -0.1) is 0 Å². The van der Waals surface area contributed by atoms with Crippen molar-refractivity contribution in [3.05, 3.63) is 0 Å². The van der Waals surface area contributed by atoms with Gasteiger partial charge in [-0.05, 0) is 19.0 Å². The molecule has 0 spiro atoms. The molecule has 0 aromatic carbocycles. The van der Waals surface area contributed by atoms with E-state index in [0.717, 1.165) is 25.8 Å². The van der Waals surface area contributed by atoms with E-state index in [4.69, 9.17) is 15.3 Å². The molecule has 4 N–H and O–H groups in total. The molecule has 0 aliphatic rings. The lowest BCUT2D eigenvalue weighted by Gasteiger charge is -2.02. The molecule has 0 aliphatic carbocycles. The Balaban J connectivity index is 2.85. The molecule has 0 bridgehead atoms. The van der Waals surface area contributed by atoms with Gasteiger partial charge in [-0.2, -0.15) is 0 Å². The highest BCUT2D eigenvalue weighted by atomic mass is 28.3. The molecule has 3 nitrogen and oxygen atoms in total. The average Bonchev–Trinajstić information content (AvgIpc) is 2.15. The summed E-state index contributed by atoms with van der Waals surface area (Å²) in [5.74, 6) is 0. The van der Waals surface area contributed by atoms with Crippen LogP contribution in [0.2, 0.25) is 6.04 Å². The van der Waals surface area contributed by atoms with Crippen molar-refractivity contribution in [2.45, 2.75) is 57.4 Å². The second kappa shape index (κ2) is 11.2. The summed E-state index contributed by atoms with van der Waals surface area (Å²) in [6, 6.07) is 0.660. The normalized spacial score (nSPS) is 11.1. The van der Waals surface area contributed by atoms with Crippen LogP contribution in [0.4, 0.5) is 0 Å². The van der Waals surface area contributed by atoms with Crippen LogP contribution in [0.1, 0.15) is 51.4 Å². The SMILES string of the molecule is NCCCCCCCCCC[SiH](O)O. The van der Waals surface area contributed by atoms with Crippen molar-refractivity contribution in [2.75, 3.05) is 6.54 Å². The number of hydrogen-bond acceptors (Lipinski definition) is 3. The summed E-state index contributed by atoms with van der Waals surface area (Å²) in [6.45, 7) is 0.818. The van der Waals surface area contributed by atoms with Gasteiger partial charge in [0.1, 0.15) is 0 Å². The molecule has 0 saturated carbocycles. The summed E-state index contributed by atoms with van der Waals surface area (Å²) < 4.78 is 0. The highest BCUT2D eigenvalue weighted by Gasteiger charge is 2.00. The van der Waals surface area contributed by atoms with Crippen molar-refractivity contribution in [3.63, 3.8) is 0 Å². The van der Waals surface area contributed by atoms with Crippen LogP contribution in [-0.4, -0.2) is 25.4 Å². The standard InChI is InChI=1S/C10H25NO2Si/c11-9-7-5-3-1-2-4-6-8-10-14(12)13/h12-14H,1-11H2. The molecular weight excluding hydrogens is 194 g/mol. The van der Waals surface area contributed by atoms with Gasteiger partial charge in [-0.25, -0.2) is 0 Å². The summed E-state index contributed by atoms with van der Waals surface area (Å²) in [5.41, 5.74) is 5.39. The van der Waals surface area contributed by atoms with E-state index >= 15 is 0 Å². The molecule has 0 aromatic heterocycles. The van der Waals surface area contributed by atoms with Crippen LogP contribution in [-0.2, 0) is 0 Å². The fourth-order valence-corrected chi connectivity index (χ4v) is 2.19. The minimum Gasteiger partial charge on any atom is -0.413 e. The predicted octanol–water partition coefficient (Wildman–Crippen LogP) is 1.27. The maximum atomic E-state index is 8.73. The predicted molar refractivity (Wildman–Crippen MR) is 62.4 cm³/mol. The molecule has 0 saturated heterocycles. The number of unbranched alkanes of at least 4 members (excludes halogenated alkanes) is 7. The third-order valence-corrected chi connectivity index (χ3v) is 3.34. The van der Waals surface area contributed by atoms with E-state index in [9.17, 15) is 0 Å². The molecule has 0 amide bonds. The minimum atomic E-state index is -2.26. The van der Waals surface area contributed by atoms with Crippen molar-refractivity contribution < 1.29 is 9.59 Å². The van der Waals surface area contributed by atoms with Crippen molar-refractivity contribution in [1.29, 1.82) is 0 Å². The fraction of sp³-hybridized carbons (Fsp3) is 1.00. The van der Waals surface area contributed by atoms with Crippen molar-refractivity contribution in [2.24, 2.45) is 5.73 Å². The Morgan fingerprint density at radius 3 is 1.57 bits per heavy atom. The first kappa shape index (κ1) is 14.1. The van der Waals surface area contributed by atoms with E-state index in [1.54, 1.807) is 0 Å². The zero-order chi connectivity index (χ0) is 10.6. The molecule has 0 atom stereocenters. The van der Waals surface area contributed by atoms with Gasteiger partial charge in [-0.3, -0.25) is 0 Å². The van der Waals surface area contributed by atoms with E-state index in [1.165, 1.54) is 32.1 Å². The second-order valence-electron chi connectivity index (χ2n) is 3.89. The molecular formula is C10H25NO2Si. The first-order valence-electron chi connectivity index (χ1n) is 5.83. The fourth-order valence-electron chi connectivity index (χ4n) is 1.53. The van der Waals surface area contributed by atoms with Crippen molar-refractivity contribution in [1.82, 2.24) is 0 Å². The molecule has 0 unspecified atom stereocenters. The van der Waals surface area contributed by atoms with E-state index < -0.39 is 9.28 Å². The topological polar surface area (TPSA) is 66.5 Å². The number of rotatable bonds is 10. The molecule has 0 rings (SSSR count). The summed E-state index contributed by atoms with van der Waals surface area (Å²) in [4.78, 5) is 17.5. The Bertz CT molecular complexity index is 112. The lowest BCUT2D eigenvalue weighted by Crippen LogP contribution is -2.09. The first-order valence-corrected chi connectivity index (χ1v) is 7.68. The van der Waals surface area contributed by atoms with Gasteiger partial charge in [-0.1, -0.05) is 44.9 Å². The van der Waals surface area contributed by atoms with Crippen LogP contribution in [0, 0.1) is 0 Å². The zero-order valence-electron chi connectivity index (χ0n) is 9.12. The quantitative estimate of drug-likeness (QED) is 0.383. The summed E-state index contributed by atoms with van der Waals surface area (Å²) in [6.07, 6.45) is 9.69. The van der Waals surface area contributed by atoms with Gasteiger partial charge < -0.3 is 15.3 Å². The van der Waals surface area contributed by atoms with E-state index in [2.05, 4.69) is 0 Å². The van der Waals surface area contributed by atoms with Crippen molar-refractivity contribution >= 4 is 9.28 Å². The lowest BCUT2D eigenvalue weighted by molar-refractivity contribution is 0.401. The van der Waals surface area contributed by atoms with E-state index in [1.807, 2.05) is 0 Å². The summed E-state index contributed by atoms with van der Waals surface area (Å²) in [5, 5.41) is 0. The number of nitrogens with two attached hydrogens (primary N) is 1. The average molecular weight is 219 g/mol. The maximum absolute atomic E-state index is 8.73. The zero-order valence-corrected chi connectivity index (χ0v) is 10.3. The third-order valence-electron chi connectivity index (χ3n) is 2.42. The van der Waals surface area contributed by atoms with Gasteiger partial charge in [0.2, 0.25) is 0 Å². The monoisotopic (exact) mass is 219 g/mol. The van der Waals surface area contributed by atoms with Gasteiger partial charge >= 0.3 is 9.28 Å². The van der Waals surface area contributed by atoms with Gasteiger partial charge in [0.15, 0.2) is 0 Å². The Kier molecular flexibility index (Phi) is 11.3. The van der Waals surface area contributed by atoms with Gasteiger partial charge in [0.05, 0.1) is 0 Å². The van der Waals surface area contributed by atoms with Crippen LogP contribution < -0.4 is 5.73 Å². The molecule has 4 heteroatoms. The third kappa shape index (κ3) is 12.1. The lowest BCUT2D eigenvalue weighted by atomic mass is 10.1. The van der Waals surface area contributed by atoms with Crippen LogP contribution in [0.5, 0.6) is 0 Å². The first-order chi connectivity index (χ1) is 6.77. The Morgan fingerprint density at radius 1 is 0.714 bits per heavy atom. The Labute approximate surface area is 89.2 Å². The summed E-state index contributed by atoms with van der Waals surface area (Å²) in [7, 11) is -2.26. The van der Waals surface area contributed by atoms with Gasteiger partial charge in [0, 0.05) is 0 Å². The highest BCUT2D eigenvalue weighted by Crippen LogP contribution is 2.09. The van der Waals surface area contributed by atoms with Crippen LogP contribution in [0.3, 0.4) is 0 Å². The largest absolute Gasteiger partial charge is 0.413 e. The number of hydrogen-bond donors (Lipinski definition) is 3. The van der Waals surface area contributed by atoms with Crippen LogP contribution >= 0.6 is 0 Å². The molecule has 0 aliphatic heterocycles. The minimum absolute atomic E-state index is 0.660. The van der Waals surface area contributed by atoms with Gasteiger partial charge in [0.25, 0.3) is 0 Å². The smallest absolute Gasteiger partial charge is 0.315 e. The molecule has 0 fully saturated rings. The molecule has 0 radical (unpaired) electrons. The second-order valence-corrected chi connectivity index (χ2v) is 5.42. The van der Waals surface area contributed by atoms with Crippen molar-refractivity contribution in [3.8, 4) is 0 Å². The Morgan fingerprint density at radius 2 is 1.14 bits per heavy atom. The molecule has 14 heavy (non-hydrogen) atoms. The Hall–Kier alpha value is 0.0969. The molecule has 0 aromatic rings. The van der Waals surface area contributed by atoms with Crippen LogP contribution in [0.15, 0.2) is 0 Å². The van der Waals surface area contributed by atoms with E-state index in [-0.39, 0.29) is 0 Å². The summed E-state index contributed by atoms with van der Waals surface area (Å²) >= 11 is 0. The molecule has 0 heterocycles. The van der Waals surface area contributed by atoms with E-state index in [0.29, 0.717) is 6.04 Å².